The SMILES string of the molecule is OC[C@H]1C[C@@H]2O[C@H]1C(Sc1ccccc1)C2Cl. The average Bonchev–Trinajstić information content (AvgIpc) is 2.91. The van der Waals surface area contributed by atoms with Crippen molar-refractivity contribution < 1.29 is 9.84 Å². The number of alkyl halides is 1. The third kappa shape index (κ3) is 2.10. The maximum absolute atomic E-state index is 9.33. The fourth-order valence-electron chi connectivity index (χ4n) is 2.71. The lowest BCUT2D eigenvalue weighted by atomic mass is 9.89. The number of fused-ring (bicyclic) bond motifs is 2. The van der Waals surface area contributed by atoms with Gasteiger partial charge < -0.3 is 9.84 Å². The van der Waals surface area contributed by atoms with Crippen LogP contribution < -0.4 is 0 Å². The Kier molecular flexibility index (Phi) is 3.35. The number of aliphatic hydroxyl groups is 1. The van der Waals surface area contributed by atoms with Gasteiger partial charge in [0.1, 0.15) is 0 Å². The van der Waals surface area contributed by atoms with Crippen molar-refractivity contribution in [2.24, 2.45) is 5.92 Å². The Balaban J connectivity index is 1.75. The van der Waals surface area contributed by atoms with E-state index in [0.717, 1.165) is 6.42 Å². The van der Waals surface area contributed by atoms with Gasteiger partial charge in [0, 0.05) is 17.4 Å². The van der Waals surface area contributed by atoms with E-state index >= 15 is 0 Å². The Morgan fingerprint density at radius 2 is 2.12 bits per heavy atom. The van der Waals surface area contributed by atoms with Crippen molar-refractivity contribution in [2.75, 3.05) is 6.61 Å². The van der Waals surface area contributed by atoms with E-state index in [1.165, 1.54) is 4.90 Å². The van der Waals surface area contributed by atoms with Crippen LogP contribution in [0.5, 0.6) is 0 Å². The van der Waals surface area contributed by atoms with E-state index in [4.69, 9.17) is 16.3 Å². The monoisotopic (exact) mass is 270 g/mol. The quantitative estimate of drug-likeness (QED) is 0.856. The van der Waals surface area contributed by atoms with Crippen LogP contribution in [-0.2, 0) is 4.74 Å². The second-order valence-electron chi connectivity index (χ2n) is 4.66. The van der Waals surface area contributed by atoms with Crippen LogP contribution in [0.15, 0.2) is 35.2 Å². The molecule has 1 N–H and O–H groups in total. The molecular weight excluding hydrogens is 256 g/mol. The molecule has 5 atom stereocenters. The highest BCUT2D eigenvalue weighted by molar-refractivity contribution is 8.00. The summed E-state index contributed by atoms with van der Waals surface area (Å²) in [5.41, 5.74) is 0. The van der Waals surface area contributed by atoms with Crippen LogP contribution in [0.4, 0.5) is 0 Å². The first-order valence-corrected chi connectivity index (χ1v) is 7.23. The smallest absolute Gasteiger partial charge is 0.0767 e. The minimum atomic E-state index is 0.0630. The molecule has 0 spiro atoms. The van der Waals surface area contributed by atoms with Crippen LogP contribution >= 0.6 is 23.4 Å². The van der Waals surface area contributed by atoms with Gasteiger partial charge in [0.15, 0.2) is 0 Å². The highest BCUT2D eigenvalue weighted by Gasteiger charge is 2.53. The van der Waals surface area contributed by atoms with Gasteiger partial charge in [0.25, 0.3) is 0 Å². The third-order valence-corrected chi connectivity index (χ3v) is 5.65. The summed E-state index contributed by atoms with van der Waals surface area (Å²) >= 11 is 8.19. The van der Waals surface area contributed by atoms with Crippen molar-refractivity contribution in [3.63, 3.8) is 0 Å². The minimum absolute atomic E-state index is 0.0630. The topological polar surface area (TPSA) is 29.5 Å². The van der Waals surface area contributed by atoms with Crippen molar-refractivity contribution in [3.8, 4) is 0 Å². The predicted octanol–water partition coefficient (Wildman–Crippen LogP) is 2.53. The first kappa shape index (κ1) is 11.8. The largest absolute Gasteiger partial charge is 0.396 e. The van der Waals surface area contributed by atoms with Crippen molar-refractivity contribution in [1.82, 2.24) is 0 Å². The molecule has 17 heavy (non-hydrogen) atoms. The molecule has 0 aliphatic carbocycles. The second kappa shape index (κ2) is 4.81. The number of hydrogen-bond donors (Lipinski definition) is 1. The van der Waals surface area contributed by atoms with Gasteiger partial charge in [0.2, 0.25) is 0 Å². The molecule has 2 aliphatic heterocycles. The summed E-state index contributed by atoms with van der Waals surface area (Å²) in [5.74, 6) is 0.260. The van der Waals surface area contributed by atoms with Crippen LogP contribution in [0.25, 0.3) is 0 Å². The maximum Gasteiger partial charge on any atom is 0.0767 e. The molecule has 3 rings (SSSR count). The van der Waals surface area contributed by atoms with Crippen LogP contribution in [0, 0.1) is 5.92 Å². The van der Waals surface area contributed by atoms with Gasteiger partial charge in [-0.15, -0.1) is 23.4 Å². The van der Waals surface area contributed by atoms with E-state index in [1.807, 2.05) is 18.2 Å². The Morgan fingerprint density at radius 3 is 2.76 bits per heavy atom. The number of halogens is 1. The summed E-state index contributed by atoms with van der Waals surface area (Å²) in [7, 11) is 0. The van der Waals surface area contributed by atoms with Crippen molar-refractivity contribution in [3.05, 3.63) is 30.3 Å². The number of thioether (sulfide) groups is 1. The second-order valence-corrected chi connectivity index (χ2v) is 6.41. The highest BCUT2D eigenvalue weighted by Crippen LogP contribution is 2.48. The zero-order valence-electron chi connectivity index (χ0n) is 9.33. The van der Waals surface area contributed by atoms with Gasteiger partial charge in [0.05, 0.1) is 22.8 Å². The zero-order valence-corrected chi connectivity index (χ0v) is 10.9. The molecule has 2 nitrogen and oxygen atoms in total. The molecule has 0 radical (unpaired) electrons. The van der Waals surface area contributed by atoms with Crippen LogP contribution in [0.2, 0.25) is 0 Å². The summed E-state index contributed by atoms with van der Waals surface area (Å²) in [6.07, 6.45) is 1.14. The van der Waals surface area contributed by atoms with Crippen molar-refractivity contribution >= 4 is 23.4 Å². The van der Waals surface area contributed by atoms with Crippen molar-refractivity contribution in [2.45, 2.75) is 34.2 Å². The fraction of sp³-hybridized carbons (Fsp3) is 0.538. The summed E-state index contributed by atoms with van der Waals surface area (Å²) in [4.78, 5) is 1.22. The molecule has 92 valence electrons. The Bertz CT molecular complexity index is 386. The molecule has 0 amide bonds. The third-order valence-electron chi connectivity index (χ3n) is 3.57. The van der Waals surface area contributed by atoms with Gasteiger partial charge in [-0.3, -0.25) is 0 Å². The van der Waals surface area contributed by atoms with Gasteiger partial charge in [-0.25, -0.2) is 0 Å². The lowest BCUT2D eigenvalue weighted by molar-refractivity contribution is 0.0815. The van der Waals surface area contributed by atoms with Crippen LogP contribution in [0.1, 0.15) is 6.42 Å². The molecule has 2 unspecified atom stereocenters. The molecule has 0 saturated carbocycles. The number of hydrogen-bond acceptors (Lipinski definition) is 3. The van der Waals surface area contributed by atoms with E-state index in [9.17, 15) is 5.11 Å². The summed E-state index contributed by atoms with van der Waals surface area (Å²) in [6.45, 7) is 0.205. The molecule has 2 saturated heterocycles. The van der Waals surface area contributed by atoms with Crippen molar-refractivity contribution in [1.29, 1.82) is 0 Å². The maximum atomic E-state index is 9.33. The Morgan fingerprint density at radius 1 is 1.35 bits per heavy atom. The summed E-state index contributed by atoms with van der Waals surface area (Å²) in [5, 5.41) is 9.65. The summed E-state index contributed by atoms with van der Waals surface area (Å²) < 4.78 is 5.86. The lowest BCUT2D eigenvalue weighted by Gasteiger charge is -2.28. The molecule has 2 fully saturated rings. The molecule has 0 aromatic heterocycles. The van der Waals surface area contributed by atoms with E-state index in [2.05, 4.69) is 12.1 Å². The molecule has 2 bridgehead atoms. The van der Waals surface area contributed by atoms with Crippen LogP contribution in [-0.4, -0.2) is 34.5 Å². The molecule has 1 aromatic rings. The van der Waals surface area contributed by atoms with E-state index in [-0.39, 0.29) is 35.4 Å². The Labute approximate surface area is 110 Å². The first-order chi connectivity index (χ1) is 8.29. The molecule has 4 heteroatoms. The Hall–Kier alpha value is -0.220. The first-order valence-electron chi connectivity index (χ1n) is 5.91. The average molecular weight is 271 g/mol. The van der Waals surface area contributed by atoms with Crippen LogP contribution in [0.3, 0.4) is 0 Å². The van der Waals surface area contributed by atoms with Gasteiger partial charge in [-0.05, 0) is 18.6 Å². The fourth-order valence-corrected chi connectivity index (χ4v) is 4.53. The number of aliphatic hydroxyl groups excluding tert-OH is 1. The standard InChI is InChI=1S/C13H15ClO2S/c14-11-10-6-8(7-15)12(16-10)13(11)17-9-4-2-1-3-5-9/h1-5,8,10-13,15H,6-7H2/t8-,10+,11?,12-,13?/m1/s1. The van der Waals surface area contributed by atoms with Gasteiger partial charge in [-0.2, -0.15) is 0 Å². The molecule has 2 heterocycles. The van der Waals surface area contributed by atoms with E-state index < -0.39 is 0 Å². The van der Waals surface area contributed by atoms with E-state index in [1.54, 1.807) is 11.8 Å². The lowest BCUT2D eigenvalue weighted by Crippen LogP contribution is -2.37. The number of ether oxygens (including phenoxy) is 1. The number of rotatable bonds is 3. The zero-order chi connectivity index (χ0) is 11.8. The summed E-state index contributed by atoms with van der Waals surface area (Å²) in [6, 6.07) is 10.3. The highest BCUT2D eigenvalue weighted by atomic mass is 35.5. The predicted molar refractivity (Wildman–Crippen MR) is 69.6 cm³/mol. The normalized spacial score (nSPS) is 39.8. The minimum Gasteiger partial charge on any atom is -0.396 e. The van der Waals surface area contributed by atoms with Gasteiger partial charge in [-0.1, -0.05) is 18.2 Å². The van der Waals surface area contributed by atoms with E-state index in [0.29, 0.717) is 0 Å². The number of benzene rings is 1. The van der Waals surface area contributed by atoms with Gasteiger partial charge >= 0.3 is 0 Å². The molecular formula is C13H15ClO2S. The molecule has 1 aromatic carbocycles. The molecule has 2 aliphatic rings.